The van der Waals surface area contributed by atoms with Crippen molar-refractivity contribution in [1.29, 1.82) is 0 Å². The molecule has 6 nitrogen and oxygen atoms in total. The minimum absolute atomic E-state index is 0.152. The van der Waals surface area contributed by atoms with E-state index in [1.807, 2.05) is 0 Å². The van der Waals surface area contributed by atoms with Crippen LogP contribution in [0.5, 0.6) is 0 Å². The highest BCUT2D eigenvalue weighted by Crippen LogP contribution is 2.30. The Morgan fingerprint density at radius 2 is 2.18 bits per heavy atom. The van der Waals surface area contributed by atoms with Gasteiger partial charge in [-0.2, -0.15) is 0 Å². The second-order valence-electron chi connectivity index (χ2n) is 5.31. The fourth-order valence-corrected chi connectivity index (χ4v) is 2.74. The van der Waals surface area contributed by atoms with Crippen LogP contribution in [-0.4, -0.2) is 21.1 Å². The molecule has 22 heavy (non-hydrogen) atoms. The lowest BCUT2D eigenvalue weighted by molar-refractivity contribution is -0.136. The first-order chi connectivity index (χ1) is 12.8. The summed E-state index contributed by atoms with van der Waals surface area (Å²) in [6, 6.07) is -1.56. The molecule has 114 valence electrons. The van der Waals surface area contributed by atoms with Crippen molar-refractivity contribution in [3.8, 4) is 0 Å². The van der Waals surface area contributed by atoms with Crippen molar-refractivity contribution in [3.63, 3.8) is 0 Å². The number of rotatable bonds is 1. The van der Waals surface area contributed by atoms with Crippen LogP contribution in [0.4, 0.5) is 5.69 Å². The third-order valence-electron chi connectivity index (χ3n) is 3.86. The maximum Gasteiger partial charge on any atom is 0.264 e. The zero-order valence-electron chi connectivity index (χ0n) is 17.8. The van der Waals surface area contributed by atoms with Gasteiger partial charge in [0, 0.05) is 16.2 Å². The summed E-state index contributed by atoms with van der Waals surface area (Å²) in [5, 5.41) is -0.384. The number of nitrogens with two attached hydrogens (primary N) is 1. The Labute approximate surface area is 135 Å². The van der Waals surface area contributed by atoms with Crippen LogP contribution >= 0.6 is 0 Å². The zero-order valence-corrected chi connectivity index (χ0v) is 11.8. The molecule has 1 aromatic heterocycles. The Balaban J connectivity index is 2.51. The van der Waals surface area contributed by atoms with Crippen molar-refractivity contribution in [2.45, 2.75) is 38.6 Å². The van der Waals surface area contributed by atoms with Gasteiger partial charge < -0.3 is 5.73 Å². The van der Waals surface area contributed by atoms with Gasteiger partial charge in [-0.15, -0.1) is 0 Å². The lowest BCUT2D eigenvalue weighted by Gasteiger charge is -2.34. The normalized spacial score (nSPS) is 26.8. The molecule has 1 saturated carbocycles. The molecule has 0 radical (unpaired) electrons. The maximum atomic E-state index is 13.3. The van der Waals surface area contributed by atoms with Gasteiger partial charge in [-0.3, -0.25) is 19.0 Å². The predicted molar refractivity (Wildman–Crippen MR) is 82.7 cm³/mol. The third kappa shape index (κ3) is 1.94. The van der Waals surface area contributed by atoms with Gasteiger partial charge in [0.05, 0.1) is 21.4 Å². The van der Waals surface area contributed by atoms with E-state index in [4.69, 9.17) is 14.0 Å². The van der Waals surface area contributed by atoms with Gasteiger partial charge in [-0.1, -0.05) is 6.04 Å². The summed E-state index contributed by atoms with van der Waals surface area (Å²) in [5.74, 6) is -1.48. The Bertz CT molecular complexity index is 1110. The van der Waals surface area contributed by atoms with Crippen molar-refractivity contribution in [3.05, 3.63) is 34.3 Å². The molecule has 1 fully saturated rings. The second-order valence-corrected chi connectivity index (χ2v) is 5.31. The van der Waals surface area contributed by atoms with Crippen molar-refractivity contribution in [2.75, 3.05) is 5.73 Å². The number of nitrogen functional groups attached to an aromatic ring is 1. The smallest absolute Gasteiger partial charge is 0.264 e. The van der Waals surface area contributed by atoms with Crippen LogP contribution in [0.1, 0.15) is 40.2 Å². The van der Waals surface area contributed by atoms with Crippen molar-refractivity contribution in [2.24, 2.45) is 0 Å². The summed E-state index contributed by atoms with van der Waals surface area (Å²) in [7, 11) is 0. The molecule has 1 aromatic carbocycles. The van der Waals surface area contributed by atoms with Crippen molar-refractivity contribution in [1.82, 2.24) is 9.55 Å². The molecular formula is C16H17N3O3. The Hall–Kier alpha value is -2.50. The number of hydrogen-bond acceptors (Lipinski definition) is 5. The first-order valence-corrected chi connectivity index (χ1v) is 6.68. The molecule has 6 heteroatoms. The van der Waals surface area contributed by atoms with E-state index in [-0.39, 0.29) is 23.1 Å². The summed E-state index contributed by atoms with van der Waals surface area (Å²) in [5.41, 5.74) is 1.89. The minimum atomic E-state index is -2.95. The second kappa shape index (κ2) is 4.76. The number of ketones is 2. The first-order valence-electron chi connectivity index (χ1n) is 9.68. The van der Waals surface area contributed by atoms with E-state index in [2.05, 4.69) is 4.98 Å². The van der Waals surface area contributed by atoms with Crippen LogP contribution in [0.3, 0.4) is 0 Å². The SMILES string of the molecule is [2H]c1c([2H])c(N)c2c(=O)n(C3(C([2H])([2H])[2H])CCC(=O)CC3=O)c(C)nc2c1[2H]. The van der Waals surface area contributed by atoms with Crippen LogP contribution in [0, 0.1) is 6.92 Å². The van der Waals surface area contributed by atoms with E-state index in [0.717, 1.165) is 4.57 Å². The Morgan fingerprint density at radius 3 is 2.86 bits per heavy atom. The van der Waals surface area contributed by atoms with E-state index < -0.39 is 66.2 Å². The Kier molecular flexibility index (Phi) is 1.91. The molecule has 0 aliphatic heterocycles. The molecule has 1 heterocycles. The summed E-state index contributed by atoms with van der Waals surface area (Å²) in [4.78, 5) is 41.9. The number of hydrogen-bond donors (Lipinski definition) is 1. The van der Waals surface area contributed by atoms with E-state index >= 15 is 0 Å². The fraction of sp³-hybridized carbons (Fsp3) is 0.375. The molecule has 1 aliphatic carbocycles. The summed E-state index contributed by atoms with van der Waals surface area (Å²) in [6.07, 6.45) is -1.20. The molecule has 2 aromatic rings. The summed E-state index contributed by atoms with van der Waals surface area (Å²) >= 11 is 0. The quantitative estimate of drug-likeness (QED) is 0.633. The molecule has 3 rings (SSSR count). The molecule has 1 atom stereocenters. The van der Waals surface area contributed by atoms with Crippen LogP contribution in [0.25, 0.3) is 10.9 Å². The van der Waals surface area contributed by atoms with Gasteiger partial charge in [-0.25, -0.2) is 4.98 Å². The maximum absolute atomic E-state index is 13.3. The molecular weight excluding hydrogens is 282 g/mol. The topological polar surface area (TPSA) is 95.0 Å². The number of nitrogens with zero attached hydrogens (tertiary/aromatic N) is 2. The molecule has 0 saturated heterocycles. The Morgan fingerprint density at radius 1 is 1.41 bits per heavy atom. The van der Waals surface area contributed by atoms with E-state index in [1.54, 1.807) is 0 Å². The van der Waals surface area contributed by atoms with Gasteiger partial charge >= 0.3 is 0 Å². The number of Topliss-reactive ketones (excluding diaryl/α,β-unsaturated/α-hetero) is 2. The van der Waals surface area contributed by atoms with Gasteiger partial charge in [-0.05, 0) is 32.3 Å². The number of aromatic nitrogens is 2. The molecule has 0 amide bonds. The number of benzene rings is 1. The minimum Gasteiger partial charge on any atom is -0.398 e. The number of fused-ring (bicyclic) bond motifs is 1. The van der Waals surface area contributed by atoms with Gasteiger partial charge in [0.15, 0.2) is 5.78 Å². The zero-order chi connectivity index (χ0) is 21.2. The third-order valence-corrected chi connectivity index (χ3v) is 3.86. The van der Waals surface area contributed by atoms with Crippen LogP contribution in [0.15, 0.2) is 22.9 Å². The number of anilines is 1. The summed E-state index contributed by atoms with van der Waals surface area (Å²) in [6.45, 7) is -1.64. The van der Waals surface area contributed by atoms with E-state index in [0.29, 0.717) is 0 Å². The highest BCUT2D eigenvalue weighted by atomic mass is 16.2. The van der Waals surface area contributed by atoms with Gasteiger partial charge in [0.1, 0.15) is 17.1 Å². The fourth-order valence-electron chi connectivity index (χ4n) is 2.74. The average molecular weight is 305 g/mol. The number of carbonyl (C=O) groups excluding carboxylic acids is 2. The largest absolute Gasteiger partial charge is 0.398 e. The molecule has 2 N–H and O–H groups in total. The van der Waals surface area contributed by atoms with Crippen LogP contribution < -0.4 is 11.3 Å². The highest BCUT2D eigenvalue weighted by Gasteiger charge is 2.41. The lowest BCUT2D eigenvalue weighted by atomic mass is 9.81. The number of aryl methyl sites for hydroxylation is 1. The predicted octanol–water partition coefficient (Wildman–Crippen LogP) is 1.32. The first kappa shape index (κ1) is 8.82. The van der Waals surface area contributed by atoms with Gasteiger partial charge in [0.2, 0.25) is 0 Å². The van der Waals surface area contributed by atoms with E-state index in [1.165, 1.54) is 6.92 Å². The molecule has 1 aliphatic rings. The highest BCUT2D eigenvalue weighted by molar-refractivity contribution is 6.05. The average Bonchev–Trinajstić information content (AvgIpc) is 2.58. The van der Waals surface area contributed by atoms with Crippen molar-refractivity contribution < 1.29 is 17.8 Å². The molecule has 0 bridgehead atoms. The van der Waals surface area contributed by atoms with Gasteiger partial charge in [0.25, 0.3) is 5.56 Å². The molecule has 1 unspecified atom stereocenters. The van der Waals surface area contributed by atoms with Crippen molar-refractivity contribution >= 4 is 28.2 Å². The molecule has 0 spiro atoms. The van der Waals surface area contributed by atoms with Crippen LogP contribution in [0.2, 0.25) is 0 Å². The standard InChI is InChI=1S/C16H17N3O3/c1-9-18-12-5-3-4-11(17)14(12)15(22)19(9)16(2)7-6-10(20)8-13(16)21/h3-5H,6-8,17H2,1-2H3/i2D3,3D,4D,5D. The lowest BCUT2D eigenvalue weighted by Crippen LogP contribution is -2.49. The summed E-state index contributed by atoms with van der Waals surface area (Å²) < 4.78 is 48.2. The van der Waals surface area contributed by atoms with Crippen LogP contribution in [-0.2, 0) is 15.1 Å². The monoisotopic (exact) mass is 305 g/mol. The number of carbonyl (C=O) groups is 2. The van der Waals surface area contributed by atoms with E-state index in [9.17, 15) is 14.4 Å².